The minimum Gasteiger partial charge on any atom is -0.190 e. The Morgan fingerprint density at radius 2 is 1.44 bits per heavy atom. The molecule has 1 aromatic heterocycles. The number of hydrogen-bond donors (Lipinski definition) is 0. The lowest BCUT2D eigenvalue weighted by Gasteiger charge is -2.10. The Labute approximate surface area is 93.4 Å². The zero-order chi connectivity index (χ0) is 11.0. The molecule has 1 aliphatic heterocycles. The molecular weight excluding hydrogens is 198 g/mol. The predicted molar refractivity (Wildman–Crippen MR) is 59.0 cm³/mol. The van der Waals surface area contributed by atoms with E-state index >= 15 is 0 Å². The Hall–Kier alpha value is -2.03. The van der Waals surface area contributed by atoms with Gasteiger partial charge in [0.2, 0.25) is 0 Å². The fraction of sp³-hybridized carbons (Fsp3) is 0.154. The monoisotopic (exact) mass is 210 g/mol. The van der Waals surface area contributed by atoms with Crippen LogP contribution in [0.1, 0.15) is 6.92 Å². The second-order valence-electron chi connectivity index (χ2n) is 3.97. The van der Waals surface area contributed by atoms with Gasteiger partial charge in [0.25, 0.3) is 0 Å². The maximum absolute atomic E-state index is 4.65. The van der Waals surface area contributed by atoms with Crippen molar-refractivity contribution in [1.82, 2.24) is 0 Å². The van der Waals surface area contributed by atoms with Gasteiger partial charge in [-0.05, 0) is 12.1 Å². The Morgan fingerprint density at radius 3 is 2.00 bits per heavy atom. The summed E-state index contributed by atoms with van der Waals surface area (Å²) in [4.78, 5) is 9.30. The highest BCUT2D eigenvalue weighted by Gasteiger charge is 2.34. The number of pyridine rings is 1. The number of aromatic nitrogens is 1. The molecular formula is C13H12N3+. The van der Waals surface area contributed by atoms with E-state index in [1.54, 1.807) is 0 Å². The van der Waals surface area contributed by atoms with E-state index in [1.165, 1.54) is 0 Å². The maximum atomic E-state index is 4.65. The van der Waals surface area contributed by atoms with Crippen LogP contribution in [0.15, 0.2) is 64.8 Å². The average molecular weight is 210 g/mol. The Morgan fingerprint density at radius 1 is 0.875 bits per heavy atom. The van der Waals surface area contributed by atoms with Gasteiger partial charge in [-0.2, -0.15) is 14.6 Å². The van der Waals surface area contributed by atoms with Crippen molar-refractivity contribution in [3.63, 3.8) is 0 Å². The van der Waals surface area contributed by atoms with Crippen molar-refractivity contribution in [2.45, 2.75) is 12.7 Å². The molecule has 0 radical (unpaired) electrons. The maximum Gasteiger partial charge on any atom is 0.358 e. The molecule has 3 rings (SSSR count). The summed E-state index contributed by atoms with van der Waals surface area (Å²) in [5.74, 6) is -0.537. The van der Waals surface area contributed by atoms with Gasteiger partial charge in [-0.1, -0.05) is 18.2 Å². The molecule has 0 aliphatic carbocycles. The smallest absolute Gasteiger partial charge is 0.190 e. The van der Waals surface area contributed by atoms with Crippen LogP contribution in [0, 0.1) is 0 Å². The highest BCUT2D eigenvalue weighted by molar-refractivity contribution is 5.04. The third-order valence-electron chi connectivity index (χ3n) is 2.75. The van der Waals surface area contributed by atoms with Gasteiger partial charge in [-0.15, -0.1) is 0 Å². The molecule has 3 heteroatoms. The van der Waals surface area contributed by atoms with Crippen LogP contribution in [0.5, 0.6) is 0 Å². The molecule has 3 nitrogen and oxygen atoms in total. The first-order valence-corrected chi connectivity index (χ1v) is 5.30. The SMILES string of the molecule is CC1([n+]2ccccc2)N=c2ccccc2=N1. The Balaban J connectivity index is 2.22. The van der Waals surface area contributed by atoms with Crippen molar-refractivity contribution in [2.24, 2.45) is 9.98 Å². The molecule has 16 heavy (non-hydrogen) atoms. The van der Waals surface area contributed by atoms with Gasteiger partial charge >= 0.3 is 5.79 Å². The van der Waals surface area contributed by atoms with Crippen molar-refractivity contribution in [2.75, 3.05) is 0 Å². The molecule has 0 unspecified atom stereocenters. The van der Waals surface area contributed by atoms with Gasteiger partial charge < -0.3 is 0 Å². The van der Waals surface area contributed by atoms with E-state index in [1.807, 2.05) is 66.3 Å². The molecule has 0 saturated carbocycles. The second kappa shape index (κ2) is 3.23. The Kier molecular flexibility index (Phi) is 1.86. The number of rotatable bonds is 1. The van der Waals surface area contributed by atoms with Crippen molar-refractivity contribution < 1.29 is 4.57 Å². The van der Waals surface area contributed by atoms with Crippen molar-refractivity contribution in [1.29, 1.82) is 0 Å². The highest BCUT2D eigenvalue weighted by Crippen LogP contribution is 2.11. The van der Waals surface area contributed by atoms with E-state index < -0.39 is 5.79 Å². The lowest BCUT2D eigenvalue weighted by Crippen LogP contribution is -2.50. The van der Waals surface area contributed by atoms with Gasteiger partial charge in [0.1, 0.15) is 0 Å². The number of nitrogens with zero attached hydrogens (tertiary/aromatic N) is 3. The fourth-order valence-electron chi connectivity index (χ4n) is 1.93. The van der Waals surface area contributed by atoms with E-state index in [4.69, 9.17) is 0 Å². The summed E-state index contributed by atoms with van der Waals surface area (Å²) in [5, 5.41) is 1.92. The van der Waals surface area contributed by atoms with Crippen LogP contribution in [-0.4, -0.2) is 0 Å². The van der Waals surface area contributed by atoms with Gasteiger partial charge in [-0.25, -0.2) is 0 Å². The van der Waals surface area contributed by atoms with Crippen LogP contribution < -0.4 is 15.3 Å². The zero-order valence-corrected chi connectivity index (χ0v) is 9.04. The molecule has 0 bridgehead atoms. The van der Waals surface area contributed by atoms with E-state index in [9.17, 15) is 0 Å². The van der Waals surface area contributed by atoms with Gasteiger partial charge in [0, 0.05) is 19.1 Å². The van der Waals surface area contributed by atoms with Gasteiger partial charge in [0.05, 0.1) is 10.7 Å². The molecule has 2 aromatic rings. The first kappa shape index (κ1) is 9.21. The molecule has 0 spiro atoms. The lowest BCUT2D eigenvalue weighted by molar-refractivity contribution is -0.759. The molecule has 78 valence electrons. The van der Waals surface area contributed by atoms with E-state index in [0.717, 1.165) is 10.7 Å². The second-order valence-corrected chi connectivity index (χ2v) is 3.97. The standard InChI is InChI=1S/C13H12N3/c1-13(16-9-5-2-6-10-16)14-11-7-3-4-8-12(11)15-13/h2-10H,1H3/q+1. The highest BCUT2D eigenvalue weighted by atomic mass is 15.3. The zero-order valence-electron chi connectivity index (χ0n) is 9.04. The summed E-state index contributed by atoms with van der Waals surface area (Å²) in [6.45, 7) is 2.01. The summed E-state index contributed by atoms with van der Waals surface area (Å²) >= 11 is 0. The molecule has 0 atom stereocenters. The van der Waals surface area contributed by atoms with Crippen LogP contribution in [0.3, 0.4) is 0 Å². The van der Waals surface area contributed by atoms with Crippen molar-refractivity contribution in [3.8, 4) is 0 Å². The summed E-state index contributed by atoms with van der Waals surface area (Å²) in [6, 6.07) is 13.9. The summed E-state index contributed by atoms with van der Waals surface area (Å²) < 4.78 is 2.01. The molecule has 1 aromatic carbocycles. The first-order valence-electron chi connectivity index (χ1n) is 5.30. The third-order valence-corrected chi connectivity index (χ3v) is 2.75. The van der Waals surface area contributed by atoms with Crippen molar-refractivity contribution in [3.05, 3.63) is 65.6 Å². The van der Waals surface area contributed by atoms with Gasteiger partial charge in [0.15, 0.2) is 12.4 Å². The number of hydrogen-bond acceptors (Lipinski definition) is 2. The van der Waals surface area contributed by atoms with Crippen LogP contribution in [0.25, 0.3) is 0 Å². The molecule has 2 heterocycles. The Bertz CT molecular complexity index is 597. The van der Waals surface area contributed by atoms with E-state index in [2.05, 4.69) is 9.98 Å². The van der Waals surface area contributed by atoms with E-state index in [0.29, 0.717) is 0 Å². The fourth-order valence-corrected chi connectivity index (χ4v) is 1.93. The largest absolute Gasteiger partial charge is 0.358 e. The van der Waals surface area contributed by atoms with Crippen LogP contribution in [0.4, 0.5) is 0 Å². The third kappa shape index (κ3) is 1.33. The summed E-state index contributed by atoms with van der Waals surface area (Å²) in [6.07, 6.45) is 3.97. The number of benzene rings is 1. The first-order chi connectivity index (χ1) is 7.78. The number of fused-ring (bicyclic) bond motifs is 1. The predicted octanol–water partition coefficient (Wildman–Crippen LogP) is 0.557. The number of para-hydroxylation sites is 2. The van der Waals surface area contributed by atoms with Crippen LogP contribution >= 0.6 is 0 Å². The quantitative estimate of drug-likeness (QED) is 0.615. The molecule has 0 fully saturated rings. The van der Waals surface area contributed by atoms with Crippen molar-refractivity contribution >= 4 is 0 Å². The van der Waals surface area contributed by atoms with Crippen LogP contribution in [-0.2, 0) is 5.79 Å². The molecule has 0 N–H and O–H groups in total. The normalized spacial score (nSPS) is 16.1. The summed E-state index contributed by atoms with van der Waals surface area (Å²) in [5.41, 5.74) is 0. The van der Waals surface area contributed by atoms with Crippen LogP contribution in [0.2, 0.25) is 0 Å². The van der Waals surface area contributed by atoms with Gasteiger partial charge in [-0.3, -0.25) is 0 Å². The topological polar surface area (TPSA) is 28.6 Å². The average Bonchev–Trinajstić information content (AvgIpc) is 2.68. The molecule has 0 saturated heterocycles. The minimum absolute atomic E-state index is 0.537. The lowest BCUT2D eigenvalue weighted by atomic mass is 10.3. The van der Waals surface area contributed by atoms with E-state index in [-0.39, 0.29) is 0 Å². The minimum atomic E-state index is -0.537. The molecule has 0 amide bonds. The summed E-state index contributed by atoms with van der Waals surface area (Å²) in [7, 11) is 0. The molecule has 1 aliphatic rings.